The average molecular weight is 185 g/mol. The fourth-order valence-corrected chi connectivity index (χ4v) is 1.43. The first-order valence-corrected chi connectivity index (χ1v) is 5.69. The minimum atomic E-state index is 0.450. The van der Waals surface area contributed by atoms with Crippen LogP contribution in [0, 0.1) is 5.92 Å². The van der Waals surface area contributed by atoms with E-state index >= 15 is 0 Å². The first kappa shape index (κ1) is 11.0. The van der Waals surface area contributed by atoms with Crippen LogP contribution in [0.25, 0.3) is 0 Å². The van der Waals surface area contributed by atoms with Gasteiger partial charge in [0, 0.05) is 13.2 Å². The number of rotatable bonds is 8. The summed E-state index contributed by atoms with van der Waals surface area (Å²) in [6, 6.07) is 0. The van der Waals surface area contributed by atoms with E-state index in [9.17, 15) is 0 Å². The molecule has 0 aliphatic heterocycles. The van der Waals surface area contributed by atoms with Gasteiger partial charge in [-0.3, -0.25) is 0 Å². The lowest BCUT2D eigenvalue weighted by molar-refractivity contribution is 0.0405. The van der Waals surface area contributed by atoms with Crippen molar-refractivity contribution in [1.29, 1.82) is 0 Å². The zero-order valence-corrected chi connectivity index (χ0v) is 9.01. The van der Waals surface area contributed by atoms with Crippen LogP contribution >= 0.6 is 0 Å². The highest BCUT2D eigenvalue weighted by Crippen LogP contribution is 2.29. The van der Waals surface area contributed by atoms with Gasteiger partial charge in [-0.1, -0.05) is 20.3 Å². The molecule has 0 aromatic carbocycles. The van der Waals surface area contributed by atoms with E-state index in [0.29, 0.717) is 6.10 Å². The highest BCUT2D eigenvalue weighted by atomic mass is 16.5. The van der Waals surface area contributed by atoms with Crippen LogP contribution in [0.4, 0.5) is 0 Å². The maximum absolute atomic E-state index is 5.85. The van der Waals surface area contributed by atoms with Crippen LogP contribution in [0.1, 0.15) is 39.5 Å². The molecular weight excluding hydrogens is 162 g/mol. The zero-order valence-electron chi connectivity index (χ0n) is 9.01. The Morgan fingerprint density at radius 2 is 2.15 bits per heavy atom. The molecule has 0 saturated heterocycles. The van der Waals surface area contributed by atoms with Gasteiger partial charge < -0.3 is 10.1 Å². The summed E-state index contributed by atoms with van der Waals surface area (Å²) in [7, 11) is 0. The SMILES string of the molecule is CCCC(CNCC)OCC1CC1. The lowest BCUT2D eigenvalue weighted by Crippen LogP contribution is -2.29. The smallest absolute Gasteiger partial charge is 0.0699 e. The Balaban J connectivity index is 2.03. The maximum Gasteiger partial charge on any atom is 0.0699 e. The predicted octanol–water partition coefficient (Wildman–Crippen LogP) is 2.19. The molecule has 0 amide bonds. The molecule has 0 bridgehead atoms. The number of likely N-dealkylation sites (N-methyl/N-ethyl adjacent to an activating group) is 1. The number of ether oxygens (including phenoxy) is 1. The molecular formula is C11H23NO. The third-order valence-electron chi connectivity index (χ3n) is 2.50. The van der Waals surface area contributed by atoms with Crippen LogP contribution in [0.3, 0.4) is 0 Å². The second-order valence-corrected chi connectivity index (χ2v) is 4.00. The number of hydrogen-bond donors (Lipinski definition) is 1. The van der Waals surface area contributed by atoms with Gasteiger partial charge in [0.1, 0.15) is 0 Å². The van der Waals surface area contributed by atoms with Crippen LogP contribution in [0.2, 0.25) is 0 Å². The zero-order chi connectivity index (χ0) is 9.52. The molecule has 1 rings (SSSR count). The van der Waals surface area contributed by atoms with Crippen molar-refractivity contribution in [2.45, 2.75) is 45.6 Å². The largest absolute Gasteiger partial charge is 0.377 e. The highest BCUT2D eigenvalue weighted by Gasteiger charge is 2.22. The van der Waals surface area contributed by atoms with Gasteiger partial charge in [0.05, 0.1) is 6.10 Å². The van der Waals surface area contributed by atoms with Crippen molar-refractivity contribution in [1.82, 2.24) is 5.32 Å². The third kappa shape index (κ3) is 5.27. The van der Waals surface area contributed by atoms with Crippen LogP contribution < -0.4 is 5.32 Å². The molecule has 1 aliphatic carbocycles. The lowest BCUT2D eigenvalue weighted by atomic mass is 10.2. The van der Waals surface area contributed by atoms with E-state index in [2.05, 4.69) is 19.2 Å². The number of hydrogen-bond acceptors (Lipinski definition) is 2. The van der Waals surface area contributed by atoms with E-state index in [1.165, 1.54) is 25.7 Å². The van der Waals surface area contributed by atoms with Crippen LogP contribution in [-0.4, -0.2) is 25.8 Å². The maximum atomic E-state index is 5.85. The fourth-order valence-electron chi connectivity index (χ4n) is 1.43. The molecule has 0 radical (unpaired) electrons. The second kappa shape index (κ2) is 6.39. The van der Waals surface area contributed by atoms with E-state index in [1.54, 1.807) is 0 Å². The summed E-state index contributed by atoms with van der Waals surface area (Å²) in [6.07, 6.45) is 5.64. The molecule has 1 saturated carbocycles. The van der Waals surface area contributed by atoms with Crippen LogP contribution in [0.15, 0.2) is 0 Å². The van der Waals surface area contributed by atoms with Gasteiger partial charge in [-0.2, -0.15) is 0 Å². The van der Waals surface area contributed by atoms with Gasteiger partial charge in [0.2, 0.25) is 0 Å². The van der Waals surface area contributed by atoms with E-state index in [1.807, 2.05) is 0 Å². The average Bonchev–Trinajstić information content (AvgIpc) is 2.93. The fraction of sp³-hybridized carbons (Fsp3) is 1.00. The van der Waals surface area contributed by atoms with Crippen molar-refractivity contribution in [2.24, 2.45) is 5.92 Å². The van der Waals surface area contributed by atoms with Crippen molar-refractivity contribution in [2.75, 3.05) is 19.7 Å². The summed E-state index contributed by atoms with van der Waals surface area (Å²) in [5.41, 5.74) is 0. The van der Waals surface area contributed by atoms with Crippen LogP contribution in [0.5, 0.6) is 0 Å². The van der Waals surface area contributed by atoms with Gasteiger partial charge in [-0.25, -0.2) is 0 Å². The van der Waals surface area contributed by atoms with Crippen molar-refractivity contribution in [3.8, 4) is 0 Å². The molecule has 0 aromatic rings. The van der Waals surface area contributed by atoms with E-state index in [0.717, 1.165) is 25.6 Å². The molecule has 0 aromatic heterocycles. The summed E-state index contributed by atoms with van der Waals surface area (Å²) in [5.74, 6) is 0.890. The van der Waals surface area contributed by atoms with Crippen molar-refractivity contribution < 1.29 is 4.74 Å². The molecule has 1 unspecified atom stereocenters. The quantitative estimate of drug-likeness (QED) is 0.626. The Morgan fingerprint density at radius 1 is 1.38 bits per heavy atom. The van der Waals surface area contributed by atoms with Crippen LogP contribution in [-0.2, 0) is 4.74 Å². The van der Waals surface area contributed by atoms with E-state index < -0.39 is 0 Å². The standard InChI is InChI=1S/C11H23NO/c1-3-5-11(8-12-4-2)13-9-10-6-7-10/h10-12H,3-9H2,1-2H3. The van der Waals surface area contributed by atoms with Gasteiger partial charge in [0.25, 0.3) is 0 Å². The van der Waals surface area contributed by atoms with Crippen molar-refractivity contribution in [3.63, 3.8) is 0 Å². The van der Waals surface area contributed by atoms with Crippen molar-refractivity contribution in [3.05, 3.63) is 0 Å². The Hall–Kier alpha value is -0.0800. The molecule has 0 heterocycles. The molecule has 2 heteroatoms. The molecule has 1 N–H and O–H groups in total. The normalized spacial score (nSPS) is 18.9. The molecule has 1 atom stereocenters. The molecule has 2 nitrogen and oxygen atoms in total. The number of nitrogens with one attached hydrogen (secondary N) is 1. The second-order valence-electron chi connectivity index (χ2n) is 4.00. The molecule has 13 heavy (non-hydrogen) atoms. The van der Waals surface area contributed by atoms with E-state index in [-0.39, 0.29) is 0 Å². The summed E-state index contributed by atoms with van der Waals surface area (Å²) in [5, 5.41) is 3.35. The summed E-state index contributed by atoms with van der Waals surface area (Å²) in [6.45, 7) is 7.43. The van der Waals surface area contributed by atoms with Gasteiger partial charge in [0.15, 0.2) is 0 Å². The molecule has 0 spiro atoms. The Kier molecular flexibility index (Phi) is 5.40. The summed E-state index contributed by atoms with van der Waals surface area (Å²) in [4.78, 5) is 0. The minimum absolute atomic E-state index is 0.450. The summed E-state index contributed by atoms with van der Waals surface area (Å²) < 4.78 is 5.85. The lowest BCUT2D eigenvalue weighted by Gasteiger charge is -2.17. The van der Waals surface area contributed by atoms with Gasteiger partial charge in [-0.15, -0.1) is 0 Å². The predicted molar refractivity (Wildman–Crippen MR) is 55.9 cm³/mol. The van der Waals surface area contributed by atoms with E-state index in [4.69, 9.17) is 4.74 Å². The summed E-state index contributed by atoms with van der Waals surface area (Å²) >= 11 is 0. The Labute approximate surface area is 82.0 Å². The first-order chi connectivity index (χ1) is 6.36. The molecule has 78 valence electrons. The Bertz CT molecular complexity index is 123. The van der Waals surface area contributed by atoms with Crippen molar-refractivity contribution >= 4 is 0 Å². The molecule has 1 aliphatic rings. The van der Waals surface area contributed by atoms with Gasteiger partial charge >= 0.3 is 0 Å². The first-order valence-electron chi connectivity index (χ1n) is 5.69. The third-order valence-corrected chi connectivity index (χ3v) is 2.50. The minimum Gasteiger partial charge on any atom is -0.377 e. The molecule has 1 fully saturated rings. The monoisotopic (exact) mass is 185 g/mol. The topological polar surface area (TPSA) is 21.3 Å². The van der Waals surface area contributed by atoms with Gasteiger partial charge in [-0.05, 0) is 31.7 Å². The highest BCUT2D eigenvalue weighted by molar-refractivity contribution is 4.73. The Morgan fingerprint density at radius 3 is 2.69 bits per heavy atom.